The van der Waals surface area contributed by atoms with E-state index in [0.29, 0.717) is 11.3 Å². The maximum absolute atomic E-state index is 12.1. The number of benzene rings is 2. The lowest BCUT2D eigenvalue weighted by Gasteiger charge is -2.12. The van der Waals surface area contributed by atoms with E-state index in [2.05, 4.69) is 19.2 Å². The quantitative estimate of drug-likeness (QED) is 0.806. The third-order valence-electron chi connectivity index (χ3n) is 3.46. The summed E-state index contributed by atoms with van der Waals surface area (Å²) in [6.45, 7) is 6.13. The minimum absolute atomic E-state index is 0.140. The Bertz CT molecular complexity index is 633. The van der Waals surface area contributed by atoms with Crippen LogP contribution in [0.3, 0.4) is 0 Å². The summed E-state index contributed by atoms with van der Waals surface area (Å²) in [6.07, 6.45) is 0. The molecule has 2 rings (SSSR count). The van der Waals surface area contributed by atoms with Crippen molar-refractivity contribution in [2.75, 3.05) is 11.1 Å². The first-order valence-electron chi connectivity index (χ1n) is 6.22. The number of nitrogens with one attached hydrogen (secondary N) is 1. The molecule has 0 aliphatic rings. The van der Waals surface area contributed by atoms with Crippen LogP contribution in [-0.4, -0.2) is 5.91 Å². The molecule has 0 saturated carbocycles. The standard InChI is InChI=1S/C16H18N2O/c1-10-7-8-15(12(3)11(10)2)18-16(19)13-5-4-6-14(17)9-13/h4-9H,17H2,1-3H3,(H,18,19). The zero-order valence-electron chi connectivity index (χ0n) is 11.4. The van der Waals surface area contributed by atoms with Gasteiger partial charge in [0.15, 0.2) is 0 Å². The van der Waals surface area contributed by atoms with Gasteiger partial charge in [-0.25, -0.2) is 0 Å². The van der Waals surface area contributed by atoms with Crippen LogP contribution >= 0.6 is 0 Å². The summed E-state index contributed by atoms with van der Waals surface area (Å²) in [7, 11) is 0. The van der Waals surface area contributed by atoms with Crippen LogP contribution in [0.15, 0.2) is 36.4 Å². The smallest absolute Gasteiger partial charge is 0.255 e. The molecule has 1 amide bonds. The normalized spacial score (nSPS) is 10.3. The highest BCUT2D eigenvalue weighted by atomic mass is 16.1. The summed E-state index contributed by atoms with van der Waals surface area (Å²) in [5.74, 6) is -0.140. The number of carbonyl (C=O) groups is 1. The summed E-state index contributed by atoms with van der Waals surface area (Å²) >= 11 is 0. The lowest BCUT2D eigenvalue weighted by atomic mass is 10.0. The zero-order chi connectivity index (χ0) is 14.0. The maximum atomic E-state index is 12.1. The Morgan fingerprint density at radius 3 is 2.47 bits per heavy atom. The van der Waals surface area contributed by atoms with Crippen LogP contribution in [0.4, 0.5) is 11.4 Å². The van der Waals surface area contributed by atoms with E-state index in [1.807, 2.05) is 19.1 Å². The third-order valence-corrected chi connectivity index (χ3v) is 3.46. The van der Waals surface area contributed by atoms with E-state index >= 15 is 0 Å². The molecule has 0 saturated heterocycles. The van der Waals surface area contributed by atoms with Crippen molar-refractivity contribution in [1.82, 2.24) is 0 Å². The predicted molar refractivity (Wildman–Crippen MR) is 79.5 cm³/mol. The fourth-order valence-electron chi connectivity index (χ4n) is 1.97. The van der Waals surface area contributed by atoms with Crippen LogP contribution in [-0.2, 0) is 0 Å². The Morgan fingerprint density at radius 2 is 1.79 bits per heavy atom. The summed E-state index contributed by atoms with van der Waals surface area (Å²) in [5, 5.41) is 2.93. The molecule has 0 radical (unpaired) electrons. The van der Waals surface area contributed by atoms with Crippen LogP contribution in [0.5, 0.6) is 0 Å². The van der Waals surface area contributed by atoms with Crippen LogP contribution in [0.2, 0.25) is 0 Å². The molecule has 3 nitrogen and oxygen atoms in total. The lowest BCUT2D eigenvalue weighted by Crippen LogP contribution is -2.13. The number of rotatable bonds is 2. The lowest BCUT2D eigenvalue weighted by molar-refractivity contribution is 0.102. The van der Waals surface area contributed by atoms with Crippen molar-refractivity contribution < 1.29 is 4.79 Å². The number of nitrogen functional groups attached to an aromatic ring is 1. The number of hydrogen-bond acceptors (Lipinski definition) is 2. The molecular formula is C16H18N2O. The second-order valence-corrected chi connectivity index (χ2v) is 4.76. The predicted octanol–water partition coefficient (Wildman–Crippen LogP) is 3.45. The molecular weight excluding hydrogens is 236 g/mol. The minimum Gasteiger partial charge on any atom is -0.399 e. The summed E-state index contributed by atoms with van der Waals surface area (Å²) in [5.41, 5.74) is 11.2. The van der Waals surface area contributed by atoms with Gasteiger partial charge in [0.1, 0.15) is 0 Å². The molecule has 0 bridgehead atoms. The Morgan fingerprint density at radius 1 is 1.05 bits per heavy atom. The highest BCUT2D eigenvalue weighted by Crippen LogP contribution is 2.22. The van der Waals surface area contributed by atoms with Crippen molar-refractivity contribution in [2.45, 2.75) is 20.8 Å². The SMILES string of the molecule is Cc1ccc(NC(=O)c2cccc(N)c2)c(C)c1C. The summed E-state index contributed by atoms with van der Waals surface area (Å²) < 4.78 is 0. The number of amides is 1. The maximum Gasteiger partial charge on any atom is 0.255 e. The minimum atomic E-state index is -0.140. The molecule has 2 aromatic rings. The van der Waals surface area contributed by atoms with Crippen LogP contribution in [0.1, 0.15) is 27.0 Å². The largest absolute Gasteiger partial charge is 0.399 e. The zero-order valence-corrected chi connectivity index (χ0v) is 11.4. The molecule has 3 N–H and O–H groups in total. The summed E-state index contributed by atoms with van der Waals surface area (Å²) in [6, 6.07) is 10.9. The summed E-state index contributed by atoms with van der Waals surface area (Å²) in [4.78, 5) is 12.1. The topological polar surface area (TPSA) is 55.1 Å². The number of anilines is 2. The highest BCUT2D eigenvalue weighted by Gasteiger charge is 2.09. The van der Waals surface area contributed by atoms with Gasteiger partial charge in [0.05, 0.1) is 0 Å². The number of aryl methyl sites for hydroxylation is 1. The molecule has 3 heteroatoms. The Hall–Kier alpha value is -2.29. The van der Waals surface area contributed by atoms with Crippen molar-refractivity contribution >= 4 is 17.3 Å². The fourth-order valence-corrected chi connectivity index (χ4v) is 1.97. The molecule has 98 valence electrons. The van der Waals surface area contributed by atoms with Crippen LogP contribution in [0, 0.1) is 20.8 Å². The average Bonchev–Trinajstić information content (AvgIpc) is 2.39. The Kier molecular flexibility index (Phi) is 3.56. The molecule has 0 aliphatic carbocycles. The van der Waals surface area contributed by atoms with Gasteiger partial charge in [-0.2, -0.15) is 0 Å². The van der Waals surface area contributed by atoms with E-state index in [-0.39, 0.29) is 5.91 Å². The molecule has 0 unspecified atom stereocenters. The Balaban J connectivity index is 2.27. The van der Waals surface area contributed by atoms with E-state index < -0.39 is 0 Å². The average molecular weight is 254 g/mol. The van der Waals surface area contributed by atoms with Gasteiger partial charge in [-0.3, -0.25) is 4.79 Å². The highest BCUT2D eigenvalue weighted by molar-refractivity contribution is 6.05. The van der Waals surface area contributed by atoms with Crippen molar-refractivity contribution in [3.8, 4) is 0 Å². The second kappa shape index (κ2) is 5.14. The molecule has 0 heterocycles. The molecule has 2 aromatic carbocycles. The van der Waals surface area contributed by atoms with Gasteiger partial charge in [0.25, 0.3) is 5.91 Å². The van der Waals surface area contributed by atoms with Gasteiger partial charge in [-0.15, -0.1) is 0 Å². The monoisotopic (exact) mass is 254 g/mol. The molecule has 0 aromatic heterocycles. The second-order valence-electron chi connectivity index (χ2n) is 4.76. The van der Waals surface area contributed by atoms with E-state index in [1.54, 1.807) is 24.3 Å². The van der Waals surface area contributed by atoms with E-state index in [0.717, 1.165) is 11.3 Å². The van der Waals surface area contributed by atoms with Gasteiger partial charge < -0.3 is 11.1 Å². The molecule has 0 spiro atoms. The van der Waals surface area contributed by atoms with E-state index in [9.17, 15) is 4.79 Å². The van der Waals surface area contributed by atoms with E-state index in [4.69, 9.17) is 5.73 Å². The van der Waals surface area contributed by atoms with Crippen molar-refractivity contribution in [1.29, 1.82) is 0 Å². The first-order chi connectivity index (χ1) is 8.99. The number of nitrogens with two attached hydrogens (primary N) is 1. The van der Waals surface area contributed by atoms with E-state index in [1.165, 1.54) is 11.1 Å². The molecule has 0 atom stereocenters. The van der Waals surface area contributed by atoms with Crippen molar-refractivity contribution in [3.05, 3.63) is 58.7 Å². The molecule has 0 fully saturated rings. The molecule has 0 aliphatic heterocycles. The fraction of sp³-hybridized carbons (Fsp3) is 0.188. The van der Waals surface area contributed by atoms with Crippen LogP contribution < -0.4 is 11.1 Å². The third kappa shape index (κ3) is 2.76. The van der Waals surface area contributed by atoms with Crippen LogP contribution in [0.25, 0.3) is 0 Å². The van der Waals surface area contributed by atoms with Gasteiger partial charge in [-0.05, 0) is 61.7 Å². The van der Waals surface area contributed by atoms with Gasteiger partial charge >= 0.3 is 0 Å². The number of carbonyl (C=O) groups excluding carboxylic acids is 1. The van der Waals surface area contributed by atoms with Crippen molar-refractivity contribution in [3.63, 3.8) is 0 Å². The number of hydrogen-bond donors (Lipinski definition) is 2. The van der Waals surface area contributed by atoms with Gasteiger partial charge in [-0.1, -0.05) is 12.1 Å². The van der Waals surface area contributed by atoms with Gasteiger partial charge in [0, 0.05) is 16.9 Å². The van der Waals surface area contributed by atoms with Crippen molar-refractivity contribution in [2.24, 2.45) is 0 Å². The first-order valence-corrected chi connectivity index (χ1v) is 6.22. The first kappa shape index (κ1) is 13.1. The van der Waals surface area contributed by atoms with Gasteiger partial charge in [0.2, 0.25) is 0 Å². The molecule has 19 heavy (non-hydrogen) atoms. The Labute approximate surface area is 113 Å².